The van der Waals surface area contributed by atoms with Gasteiger partial charge in [-0.15, -0.1) is 0 Å². The molecule has 0 bridgehead atoms. The van der Waals surface area contributed by atoms with E-state index < -0.39 is 0 Å². The number of hydrogen-bond donors (Lipinski definition) is 1. The Bertz CT molecular complexity index is 1670. The van der Waals surface area contributed by atoms with Crippen molar-refractivity contribution in [2.24, 2.45) is 0 Å². The van der Waals surface area contributed by atoms with E-state index in [9.17, 15) is 9.18 Å². The first-order valence-electron chi connectivity index (χ1n) is 14.4. The lowest BCUT2D eigenvalue weighted by Crippen LogP contribution is -2.41. The summed E-state index contributed by atoms with van der Waals surface area (Å²) in [5, 5.41) is 4.17. The van der Waals surface area contributed by atoms with Gasteiger partial charge in [-0.3, -0.25) is 4.79 Å². The number of hydrogen-bond acceptors (Lipinski definition) is 8. The van der Waals surface area contributed by atoms with Crippen molar-refractivity contribution in [3.05, 3.63) is 73.3 Å². The van der Waals surface area contributed by atoms with Crippen LogP contribution in [0.2, 0.25) is 0 Å². The quantitative estimate of drug-likeness (QED) is 0.242. The number of carbonyl (C=O) groups is 1. The molecule has 3 heterocycles. The van der Waals surface area contributed by atoms with E-state index in [1.54, 1.807) is 25.2 Å². The molecular weight excluding hydrogens is 549 g/mol. The van der Waals surface area contributed by atoms with Crippen molar-refractivity contribution >= 4 is 34.0 Å². The van der Waals surface area contributed by atoms with Gasteiger partial charge in [-0.05, 0) is 54.0 Å². The minimum Gasteiger partial charge on any atom is -0.495 e. The molecule has 2 aliphatic heterocycles. The summed E-state index contributed by atoms with van der Waals surface area (Å²) in [6.07, 6.45) is 5.23. The van der Waals surface area contributed by atoms with Crippen molar-refractivity contribution in [1.82, 2.24) is 14.9 Å². The van der Waals surface area contributed by atoms with Gasteiger partial charge in [0, 0.05) is 50.5 Å². The number of nitrogens with zero attached hydrogens (tertiary/aromatic N) is 4. The lowest BCUT2D eigenvalue weighted by Gasteiger charge is -2.33. The zero-order valence-corrected chi connectivity index (χ0v) is 24.3. The molecule has 2 fully saturated rings. The highest BCUT2D eigenvalue weighted by Crippen LogP contribution is 2.39. The molecule has 1 amide bonds. The van der Waals surface area contributed by atoms with E-state index in [1.807, 2.05) is 41.3 Å². The Balaban J connectivity index is 1.30. The van der Waals surface area contributed by atoms with Crippen molar-refractivity contribution in [2.45, 2.75) is 25.4 Å². The van der Waals surface area contributed by atoms with Crippen molar-refractivity contribution in [2.75, 3.05) is 50.6 Å². The lowest BCUT2D eigenvalue weighted by atomic mass is 10.0. The summed E-state index contributed by atoms with van der Waals surface area (Å²) in [5.41, 5.74) is 3.82. The molecule has 1 N–H and O–H groups in total. The summed E-state index contributed by atoms with van der Waals surface area (Å²) in [6, 6.07) is 14.7. The van der Waals surface area contributed by atoms with Gasteiger partial charge < -0.3 is 29.3 Å². The van der Waals surface area contributed by atoms with Gasteiger partial charge in [0.15, 0.2) is 11.5 Å². The zero-order chi connectivity index (χ0) is 29.9. The molecule has 2 saturated heterocycles. The fourth-order valence-corrected chi connectivity index (χ4v) is 5.52. The lowest BCUT2D eigenvalue weighted by molar-refractivity contribution is -0.127. The topological polar surface area (TPSA) is 89.1 Å². The predicted molar refractivity (Wildman–Crippen MR) is 165 cm³/mol. The second-order valence-corrected chi connectivity index (χ2v) is 10.6. The molecule has 1 aromatic heterocycles. The Morgan fingerprint density at radius 1 is 0.953 bits per heavy atom. The summed E-state index contributed by atoms with van der Waals surface area (Å²) < 4.78 is 32.3. The number of fused-ring (bicyclic) bond motifs is 1. The van der Waals surface area contributed by atoms with E-state index in [1.165, 1.54) is 18.5 Å². The van der Waals surface area contributed by atoms with Crippen molar-refractivity contribution < 1.29 is 23.4 Å². The zero-order valence-electron chi connectivity index (χ0n) is 24.3. The van der Waals surface area contributed by atoms with E-state index in [0.717, 1.165) is 36.0 Å². The number of halogens is 1. The minimum atomic E-state index is -0.216. The Morgan fingerprint density at radius 2 is 1.70 bits per heavy atom. The van der Waals surface area contributed by atoms with Gasteiger partial charge in [0.2, 0.25) is 5.91 Å². The van der Waals surface area contributed by atoms with Crippen LogP contribution >= 0.6 is 0 Å². The highest BCUT2D eigenvalue weighted by Gasteiger charge is 2.24. The van der Waals surface area contributed by atoms with Crippen LogP contribution in [0.3, 0.4) is 0 Å². The maximum Gasteiger partial charge on any atom is 0.245 e. The van der Waals surface area contributed by atoms with Crippen LogP contribution in [0.4, 0.5) is 21.6 Å². The smallest absolute Gasteiger partial charge is 0.245 e. The van der Waals surface area contributed by atoms with Crippen LogP contribution in [-0.2, 0) is 4.79 Å². The number of methoxy groups -OCH3 is 2. The third kappa shape index (κ3) is 5.77. The maximum atomic E-state index is 14.6. The maximum absolute atomic E-state index is 14.6. The average molecular weight is 584 g/mol. The predicted octanol–water partition coefficient (Wildman–Crippen LogP) is 5.96. The van der Waals surface area contributed by atoms with E-state index in [-0.39, 0.29) is 17.8 Å². The van der Waals surface area contributed by atoms with Gasteiger partial charge in [0.25, 0.3) is 0 Å². The van der Waals surface area contributed by atoms with Gasteiger partial charge in [0.1, 0.15) is 29.8 Å². The normalized spacial score (nSPS) is 15.1. The molecule has 10 heteroatoms. The SMILES string of the molecule is C=CC(=O)N1CCC(Oc2cc3c(Nc4cc(-c5ccc(F)c(N6CCC6)c5)ccc4OC)ncnc3cc2OC)CC1. The van der Waals surface area contributed by atoms with Gasteiger partial charge in [-0.25, -0.2) is 14.4 Å². The molecular formula is C33H34FN5O4. The van der Waals surface area contributed by atoms with Gasteiger partial charge >= 0.3 is 0 Å². The summed E-state index contributed by atoms with van der Waals surface area (Å²) in [7, 11) is 3.21. The summed E-state index contributed by atoms with van der Waals surface area (Å²) in [6.45, 7) is 6.51. The molecule has 9 nitrogen and oxygen atoms in total. The van der Waals surface area contributed by atoms with Gasteiger partial charge in [-0.2, -0.15) is 0 Å². The fourth-order valence-electron chi connectivity index (χ4n) is 5.52. The largest absolute Gasteiger partial charge is 0.495 e. The Labute approximate surface area is 249 Å². The number of likely N-dealkylation sites (tertiary alicyclic amines) is 1. The monoisotopic (exact) mass is 583 g/mol. The Hall–Kier alpha value is -4.86. The number of carbonyl (C=O) groups excluding carboxylic acids is 1. The molecule has 0 radical (unpaired) electrons. The molecule has 0 spiro atoms. The number of rotatable bonds is 9. The molecule has 0 unspecified atom stereocenters. The van der Waals surface area contributed by atoms with Crippen LogP contribution < -0.4 is 24.4 Å². The number of amides is 1. The van der Waals surface area contributed by atoms with Gasteiger partial charge in [-0.1, -0.05) is 18.7 Å². The minimum absolute atomic E-state index is 0.0647. The van der Waals surface area contributed by atoms with Crippen LogP contribution in [0.5, 0.6) is 17.2 Å². The van der Waals surface area contributed by atoms with Crippen molar-refractivity contribution in [1.29, 1.82) is 0 Å². The second kappa shape index (κ2) is 12.2. The third-order valence-electron chi connectivity index (χ3n) is 8.07. The standard InChI is InChI=1S/C33H34FN5O4/c1-4-32(40)39-14-10-23(11-15-39)43-31-18-24-26(19-30(31)42-3)35-20-36-33(24)37-27-16-21(7-9-29(27)41-2)22-6-8-25(34)28(17-22)38-12-5-13-38/h4,6-9,16-20,23H,1,5,10-15H2,2-3H3,(H,35,36,37). The number of anilines is 3. The van der Waals surface area contributed by atoms with E-state index in [4.69, 9.17) is 14.2 Å². The van der Waals surface area contributed by atoms with Crippen molar-refractivity contribution in [3.8, 4) is 28.4 Å². The Kier molecular flexibility index (Phi) is 8.00. The molecule has 43 heavy (non-hydrogen) atoms. The first-order valence-corrected chi connectivity index (χ1v) is 14.4. The Morgan fingerprint density at radius 3 is 2.40 bits per heavy atom. The molecule has 0 atom stereocenters. The number of piperidine rings is 1. The molecule has 4 aromatic rings. The van der Waals surface area contributed by atoms with Crippen LogP contribution in [0.15, 0.2) is 67.5 Å². The summed E-state index contributed by atoms with van der Waals surface area (Å²) in [5.74, 6) is 2.06. The van der Waals surface area contributed by atoms with E-state index >= 15 is 0 Å². The highest BCUT2D eigenvalue weighted by molar-refractivity contribution is 5.94. The molecule has 3 aromatic carbocycles. The van der Waals surface area contributed by atoms with Crippen LogP contribution in [0.1, 0.15) is 19.3 Å². The number of ether oxygens (including phenoxy) is 3. The highest BCUT2D eigenvalue weighted by atomic mass is 19.1. The third-order valence-corrected chi connectivity index (χ3v) is 8.07. The molecule has 6 rings (SSSR count). The second-order valence-electron chi connectivity index (χ2n) is 10.6. The number of benzene rings is 3. The number of aromatic nitrogens is 2. The van der Waals surface area contributed by atoms with Crippen LogP contribution in [0.25, 0.3) is 22.0 Å². The molecule has 222 valence electrons. The molecule has 0 saturated carbocycles. The fraction of sp³-hybridized carbons (Fsp3) is 0.303. The van der Waals surface area contributed by atoms with Gasteiger partial charge in [0.05, 0.1) is 31.1 Å². The van der Waals surface area contributed by atoms with Crippen LogP contribution in [-0.4, -0.2) is 67.3 Å². The van der Waals surface area contributed by atoms with E-state index in [0.29, 0.717) is 65.9 Å². The first kappa shape index (κ1) is 28.3. The number of nitrogens with one attached hydrogen (secondary N) is 1. The van der Waals surface area contributed by atoms with Crippen LogP contribution in [0, 0.1) is 5.82 Å². The molecule has 2 aliphatic rings. The first-order chi connectivity index (χ1) is 21.0. The summed E-state index contributed by atoms with van der Waals surface area (Å²) >= 11 is 0. The van der Waals surface area contributed by atoms with E-state index in [2.05, 4.69) is 21.9 Å². The average Bonchev–Trinajstić information content (AvgIpc) is 3.01. The van der Waals surface area contributed by atoms with Crippen molar-refractivity contribution in [3.63, 3.8) is 0 Å². The molecule has 0 aliphatic carbocycles. The summed E-state index contributed by atoms with van der Waals surface area (Å²) in [4.78, 5) is 24.8.